The van der Waals surface area contributed by atoms with Crippen LogP contribution < -0.4 is 0 Å². The lowest BCUT2D eigenvalue weighted by atomic mass is 9.92. The smallest absolute Gasteiger partial charge is 0.305 e. The lowest BCUT2D eigenvalue weighted by Crippen LogP contribution is -2.44. The van der Waals surface area contributed by atoms with Gasteiger partial charge < -0.3 is 18.9 Å². The minimum Gasteiger partial charge on any atom is -0.465 e. The molecule has 240 valence electrons. The average Bonchev–Trinajstić information content (AvgIpc) is 2.97. The summed E-state index contributed by atoms with van der Waals surface area (Å²) in [4.78, 5) is 49.9. The molecule has 0 aliphatic rings. The monoisotopic (exact) mass is 584 g/mol. The largest absolute Gasteiger partial charge is 0.465 e. The van der Waals surface area contributed by atoms with Crippen LogP contribution in [0.15, 0.2) is 0 Å². The Morgan fingerprint density at radius 1 is 0.366 bits per heavy atom. The van der Waals surface area contributed by atoms with Crippen molar-refractivity contribution in [1.82, 2.24) is 0 Å². The predicted molar refractivity (Wildman–Crippen MR) is 161 cm³/mol. The van der Waals surface area contributed by atoms with Gasteiger partial charge in [-0.1, -0.05) is 105 Å². The van der Waals surface area contributed by atoms with Crippen molar-refractivity contribution < 1.29 is 38.1 Å². The van der Waals surface area contributed by atoms with Crippen molar-refractivity contribution in [2.75, 3.05) is 26.4 Å². The summed E-state index contributed by atoms with van der Waals surface area (Å²) in [6.07, 6.45) is 16.8. The third kappa shape index (κ3) is 23.2. The molecule has 0 radical (unpaired) electrons. The Hall–Kier alpha value is -2.12. The molecule has 0 saturated carbocycles. The number of hydrogen-bond acceptors (Lipinski definition) is 8. The first kappa shape index (κ1) is 38.9. The van der Waals surface area contributed by atoms with Crippen LogP contribution in [0.1, 0.15) is 156 Å². The molecule has 0 amide bonds. The van der Waals surface area contributed by atoms with Gasteiger partial charge in [0.1, 0.15) is 31.8 Å². The molecule has 0 aromatic heterocycles. The summed E-state index contributed by atoms with van der Waals surface area (Å²) in [5.74, 6) is -1.49. The molecular weight excluding hydrogens is 524 g/mol. The van der Waals surface area contributed by atoms with E-state index in [0.717, 1.165) is 64.2 Å². The highest BCUT2D eigenvalue weighted by Gasteiger charge is 2.38. The van der Waals surface area contributed by atoms with Gasteiger partial charge in [-0.25, -0.2) is 0 Å². The molecule has 0 fully saturated rings. The Balaban J connectivity index is 5.32. The molecule has 0 atom stereocenters. The molecule has 0 N–H and O–H groups in total. The van der Waals surface area contributed by atoms with E-state index in [0.29, 0.717) is 12.8 Å². The first-order valence-corrected chi connectivity index (χ1v) is 16.4. The van der Waals surface area contributed by atoms with Crippen molar-refractivity contribution >= 4 is 23.9 Å². The summed E-state index contributed by atoms with van der Waals surface area (Å²) in [5, 5.41) is 0. The molecule has 0 rings (SSSR count). The minimum atomic E-state index is -1.17. The number of carbonyl (C=O) groups is 4. The van der Waals surface area contributed by atoms with Crippen molar-refractivity contribution in [2.24, 2.45) is 5.41 Å². The second-order valence-corrected chi connectivity index (χ2v) is 11.4. The Labute approximate surface area is 250 Å². The fraction of sp³-hybridized carbons (Fsp3) is 0.879. The molecule has 0 aromatic rings. The minimum absolute atomic E-state index is 0.173. The summed E-state index contributed by atoms with van der Waals surface area (Å²) in [7, 11) is 0. The van der Waals surface area contributed by atoms with Crippen LogP contribution in [0.5, 0.6) is 0 Å². The normalized spacial score (nSPS) is 11.2. The first-order chi connectivity index (χ1) is 19.8. The van der Waals surface area contributed by atoms with Crippen LogP contribution in [0, 0.1) is 5.41 Å². The van der Waals surface area contributed by atoms with Crippen LogP contribution in [0.4, 0.5) is 0 Å². The topological polar surface area (TPSA) is 105 Å². The van der Waals surface area contributed by atoms with Crippen LogP contribution in [0.3, 0.4) is 0 Å². The van der Waals surface area contributed by atoms with Crippen LogP contribution >= 0.6 is 0 Å². The molecule has 0 aliphatic carbocycles. The van der Waals surface area contributed by atoms with E-state index < -0.39 is 5.41 Å². The number of ether oxygens (including phenoxy) is 4. The summed E-state index contributed by atoms with van der Waals surface area (Å²) >= 11 is 0. The van der Waals surface area contributed by atoms with Gasteiger partial charge in [0.2, 0.25) is 0 Å². The van der Waals surface area contributed by atoms with Crippen molar-refractivity contribution in [2.45, 2.75) is 156 Å². The van der Waals surface area contributed by atoms with Crippen LogP contribution in [-0.2, 0) is 38.1 Å². The zero-order chi connectivity index (χ0) is 30.6. The van der Waals surface area contributed by atoms with Crippen molar-refractivity contribution in [3.63, 3.8) is 0 Å². The SMILES string of the molecule is CCCCCCCCC(=O)OCC(COC(=O)CCCC)(COC(=O)CCCC)COC(=O)CCCCCCCC. The van der Waals surface area contributed by atoms with E-state index in [1.165, 1.54) is 25.7 Å². The molecular formula is C33H60O8. The van der Waals surface area contributed by atoms with Crippen LogP contribution in [0.25, 0.3) is 0 Å². The molecule has 41 heavy (non-hydrogen) atoms. The highest BCUT2D eigenvalue weighted by atomic mass is 16.6. The van der Waals surface area contributed by atoms with Gasteiger partial charge >= 0.3 is 23.9 Å². The molecule has 0 bridgehead atoms. The first-order valence-electron chi connectivity index (χ1n) is 16.4. The maximum absolute atomic E-state index is 12.6. The number of esters is 4. The molecule has 0 unspecified atom stereocenters. The second kappa shape index (κ2) is 26.8. The number of hydrogen-bond donors (Lipinski definition) is 0. The maximum Gasteiger partial charge on any atom is 0.305 e. The Morgan fingerprint density at radius 2 is 0.610 bits per heavy atom. The molecule has 0 heterocycles. The van der Waals surface area contributed by atoms with Gasteiger partial charge in [-0.05, 0) is 25.7 Å². The lowest BCUT2D eigenvalue weighted by molar-refractivity contribution is -0.170. The van der Waals surface area contributed by atoms with E-state index in [9.17, 15) is 19.2 Å². The maximum atomic E-state index is 12.6. The summed E-state index contributed by atoms with van der Waals surface area (Å²) in [5.41, 5.74) is -1.17. The molecule has 8 heteroatoms. The predicted octanol–water partition coefficient (Wildman–Crippen LogP) is 8.03. The quantitative estimate of drug-likeness (QED) is 0.0517. The second-order valence-electron chi connectivity index (χ2n) is 11.4. The number of rotatable bonds is 28. The number of carbonyl (C=O) groups excluding carboxylic acids is 4. The molecule has 0 aromatic carbocycles. The Morgan fingerprint density at radius 3 is 0.902 bits per heavy atom. The highest BCUT2D eigenvalue weighted by Crippen LogP contribution is 2.23. The van der Waals surface area contributed by atoms with Gasteiger partial charge in [-0.3, -0.25) is 19.2 Å². The highest BCUT2D eigenvalue weighted by molar-refractivity contribution is 5.71. The van der Waals surface area contributed by atoms with Gasteiger partial charge in [-0.2, -0.15) is 0 Å². The Bertz CT molecular complexity index is 633. The fourth-order valence-electron chi connectivity index (χ4n) is 4.21. The zero-order valence-corrected chi connectivity index (χ0v) is 26.7. The third-order valence-electron chi connectivity index (χ3n) is 7.10. The van der Waals surface area contributed by atoms with E-state index in [1.807, 2.05) is 13.8 Å². The van der Waals surface area contributed by atoms with Gasteiger partial charge in [0.25, 0.3) is 0 Å². The number of unbranched alkanes of at least 4 members (excludes halogenated alkanes) is 12. The summed E-state index contributed by atoms with van der Waals surface area (Å²) < 4.78 is 22.3. The van der Waals surface area contributed by atoms with Crippen molar-refractivity contribution in [3.05, 3.63) is 0 Å². The van der Waals surface area contributed by atoms with E-state index >= 15 is 0 Å². The Kier molecular flexibility index (Phi) is 25.4. The molecule has 8 nitrogen and oxygen atoms in total. The van der Waals surface area contributed by atoms with Gasteiger partial charge in [-0.15, -0.1) is 0 Å². The van der Waals surface area contributed by atoms with E-state index in [1.54, 1.807) is 0 Å². The van der Waals surface area contributed by atoms with Crippen LogP contribution in [0.2, 0.25) is 0 Å². The fourth-order valence-corrected chi connectivity index (χ4v) is 4.21. The van der Waals surface area contributed by atoms with E-state index in [4.69, 9.17) is 18.9 Å². The molecule has 0 spiro atoms. The van der Waals surface area contributed by atoms with Crippen molar-refractivity contribution in [1.29, 1.82) is 0 Å². The van der Waals surface area contributed by atoms with Crippen LogP contribution in [-0.4, -0.2) is 50.3 Å². The zero-order valence-electron chi connectivity index (χ0n) is 26.7. The van der Waals surface area contributed by atoms with E-state index in [2.05, 4.69) is 13.8 Å². The lowest BCUT2D eigenvalue weighted by Gasteiger charge is -2.31. The third-order valence-corrected chi connectivity index (χ3v) is 7.10. The standard InChI is InChI=1S/C33H60O8/c1-5-9-13-15-17-19-23-31(36)40-27-33(25-38-29(34)21-11-7-3,26-39-30(35)22-12-8-4)28-41-32(37)24-20-18-16-14-10-6-2/h5-28H2,1-4H3. The molecule has 0 aliphatic heterocycles. The van der Waals surface area contributed by atoms with Gasteiger partial charge in [0.15, 0.2) is 0 Å². The van der Waals surface area contributed by atoms with Gasteiger partial charge in [0, 0.05) is 25.7 Å². The molecule has 0 saturated heterocycles. The van der Waals surface area contributed by atoms with E-state index in [-0.39, 0.29) is 76.0 Å². The summed E-state index contributed by atoms with van der Waals surface area (Å²) in [6.45, 7) is 7.60. The van der Waals surface area contributed by atoms with Gasteiger partial charge in [0.05, 0.1) is 0 Å². The summed E-state index contributed by atoms with van der Waals surface area (Å²) in [6, 6.07) is 0. The van der Waals surface area contributed by atoms with Crippen molar-refractivity contribution in [3.8, 4) is 0 Å². The average molecular weight is 585 g/mol.